The lowest BCUT2D eigenvalue weighted by Crippen LogP contribution is -2.43. The molecule has 0 bridgehead atoms. The van der Waals surface area contributed by atoms with Crippen LogP contribution in [-0.4, -0.2) is 54.5 Å². The molecule has 0 spiro atoms. The van der Waals surface area contributed by atoms with E-state index in [9.17, 15) is 9.59 Å². The van der Waals surface area contributed by atoms with Crippen LogP contribution in [0.1, 0.15) is 37.0 Å². The monoisotopic (exact) mass is 335 g/mol. The van der Waals surface area contributed by atoms with Crippen molar-refractivity contribution in [1.29, 1.82) is 0 Å². The van der Waals surface area contributed by atoms with Crippen LogP contribution in [0, 0.1) is 5.92 Å². The zero-order chi connectivity index (χ0) is 16.2. The van der Waals surface area contributed by atoms with Gasteiger partial charge in [-0.25, -0.2) is 4.79 Å². The minimum Gasteiger partial charge on any atom is -0.341 e. The van der Waals surface area contributed by atoms with Crippen molar-refractivity contribution in [2.75, 3.05) is 32.7 Å². The molecule has 6 heteroatoms. The van der Waals surface area contributed by atoms with Crippen LogP contribution < -0.4 is 5.32 Å². The van der Waals surface area contributed by atoms with Crippen molar-refractivity contribution < 1.29 is 9.59 Å². The number of rotatable bonds is 4. The summed E-state index contributed by atoms with van der Waals surface area (Å²) >= 11 is 1.72. The van der Waals surface area contributed by atoms with Gasteiger partial charge in [0.2, 0.25) is 5.91 Å². The number of carbonyl (C=O) groups is 2. The van der Waals surface area contributed by atoms with Crippen molar-refractivity contribution in [2.24, 2.45) is 5.92 Å². The van der Waals surface area contributed by atoms with Gasteiger partial charge in [0.1, 0.15) is 0 Å². The molecular weight excluding hydrogens is 310 g/mol. The molecule has 2 aliphatic rings. The highest BCUT2D eigenvalue weighted by atomic mass is 32.1. The third kappa shape index (κ3) is 4.25. The second-order valence-electron chi connectivity index (χ2n) is 6.54. The predicted octanol–water partition coefficient (Wildman–Crippen LogP) is 2.51. The Kier molecular flexibility index (Phi) is 5.20. The summed E-state index contributed by atoms with van der Waals surface area (Å²) in [5.74, 6) is 0.888. The summed E-state index contributed by atoms with van der Waals surface area (Å²) in [5, 5.41) is 5.10. The van der Waals surface area contributed by atoms with Gasteiger partial charge in [0.25, 0.3) is 0 Å². The van der Waals surface area contributed by atoms with E-state index in [4.69, 9.17) is 0 Å². The lowest BCUT2D eigenvalue weighted by molar-refractivity contribution is -0.132. The molecule has 0 aromatic carbocycles. The number of hydrogen-bond acceptors (Lipinski definition) is 3. The second kappa shape index (κ2) is 7.34. The SMILES string of the molecule is C[C@@H](CNC(=O)N1CCCN(C(=O)C2CC2)CC1)c1cccs1. The zero-order valence-corrected chi connectivity index (χ0v) is 14.5. The van der Waals surface area contributed by atoms with Crippen molar-refractivity contribution >= 4 is 23.3 Å². The van der Waals surface area contributed by atoms with Crippen molar-refractivity contribution in [3.8, 4) is 0 Å². The molecule has 1 aromatic rings. The van der Waals surface area contributed by atoms with Gasteiger partial charge in [-0.05, 0) is 30.7 Å². The summed E-state index contributed by atoms with van der Waals surface area (Å²) < 4.78 is 0. The smallest absolute Gasteiger partial charge is 0.317 e. The van der Waals surface area contributed by atoms with Gasteiger partial charge in [-0.1, -0.05) is 13.0 Å². The quantitative estimate of drug-likeness (QED) is 0.919. The molecule has 1 aliphatic heterocycles. The summed E-state index contributed by atoms with van der Waals surface area (Å²) in [7, 11) is 0. The highest BCUT2D eigenvalue weighted by molar-refractivity contribution is 7.10. The maximum absolute atomic E-state index is 12.4. The van der Waals surface area contributed by atoms with E-state index in [2.05, 4.69) is 23.7 Å². The fourth-order valence-electron chi connectivity index (χ4n) is 2.95. The van der Waals surface area contributed by atoms with Crippen molar-refractivity contribution in [3.63, 3.8) is 0 Å². The molecule has 23 heavy (non-hydrogen) atoms. The van der Waals surface area contributed by atoms with Crippen molar-refractivity contribution in [1.82, 2.24) is 15.1 Å². The first-order valence-electron chi connectivity index (χ1n) is 8.50. The highest BCUT2D eigenvalue weighted by Crippen LogP contribution is 2.31. The highest BCUT2D eigenvalue weighted by Gasteiger charge is 2.34. The van der Waals surface area contributed by atoms with Crippen LogP contribution in [0.15, 0.2) is 17.5 Å². The first-order chi connectivity index (χ1) is 11.1. The van der Waals surface area contributed by atoms with Gasteiger partial charge in [0.15, 0.2) is 0 Å². The lowest BCUT2D eigenvalue weighted by Gasteiger charge is -2.23. The van der Waals surface area contributed by atoms with Crippen LogP contribution in [0.2, 0.25) is 0 Å². The summed E-state index contributed by atoms with van der Waals surface area (Å²) in [6.45, 7) is 5.60. The molecule has 2 fully saturated rings. The number of hydrogen-bond donors (Lipinski definition) is 1. The number of urea groups is 1. The van der Waals surface area contributed by atoms with Gasteiger partial charge < -0.3 is 15.1 Å². The molecule has 1 aliphatic carbocycles. The van der Waals surface area contributed by atoms with Crippen LogP contribution >= 0.6 is 11.3 Å². The van der Waals surface area contributed by atoms with E-state index in [1.807, 2.05) is 15.9 Å². The van der Waals surface area contributed by atoms with E-state index in [1.165, 1.54) is 4.88 Å². The third-order valence-corrected chi connectivity index (χ3v) is 5.71. The first-order valence-corrected chi connectivity index (χ1v) is 9.38. The van der Waals surface area contributed by atoms with Gasteiger partial charge in [-0.15, -0.1) is 11.3 Å². The van der Waals surface area contributed by atoms with Crippen LogP contribution in [0.5, 0.6) is 0 Å². The number of thiophene rings is 1. The topological polar surface area (TPSA) is 52.7 Å². The second-order valence-corrected chi connectivity index (χ2v) is 7.52. The number of nitrogens with one attached hydrogen (secondary N) is 1. The number of amides is 3. The summed E-state index contributed by atoms with van der Waals surface area (Å²) in [6, 6.07) is 4.14. The average molecular weight is 335 g/mol. The maximum atomic E-state index is 12.4. The number of carbonyl (C=O) groups excluding carboxylic acids is 2. The fraction of sp³-hybridized carbons (Fsp3) is 0.647. The van der Waals surface area contributed by atoms with E-state index >= 15 is 0 Å². The molecule has 3 amide bonds. The summed E-state index contributed by atoms with van der Waals surface area (Å²) in [4.78, 5) is 29.6. The molecule has 1 atom stereocenters. The normalized spacial score (nSPS) is 20.0. The minimum atomic E-state index is -0.00544. The Balaban J connectivity index is 1.45. The summed E-state index contributed by atoms with van der Waals surface area (Å²) in [6.07, 6.45) is 2.95. The summed E-state index contributed by atoms with van der Waals surface area (Å²) in [5.41, 5.74) is 0. The van der Waals surface area contributed by atoms with Crippen LogP contribution in [0.25, 0.3) is 0 Å². The Bertz CT molecular complexity index is 542. The Morgan fingerprint density at radius 1 is 1.26 bits per heavy atom. The molecule has 1 N–H and O–H groups in total. The molecule has 126 valence electrons. The Hall–Kier alpha value is -1.56. The Morgan fingerprint density at radius 2 is 2.00 bits per heavy atom. The molecule has 0 unspecified atom stereocenters. The largest absolute Gasteiger partial charge is 0.341 e. The molecule has 5 nitrogen and oxygen atoms in total. The van der Waals surface area contributed by atoms with E-state index in [-0.39, 0.29) is 11.9 Å². The van der Waals surface area contributed by atoms with Gasteiger partial charge in [0.05, 0.1) is 0 Å². The van der Waals surface area contributed by atoms with Crippen LogP contribution in [-0.2, 0) is 4.79 Å². The lowest BCUT2D eigenvalue weighted by atomic mass is 10.1. The van der Waals surface area contributed by atoms with Crippen LogP contribution in [0.4, 0.5) is 4.79 Å². The predicted molar refractivity (Wildman–Crippen MR) is 91.6 cm³/mol. The third-order valence-electron chi connectivity index (χ3n) is 4.61. The van der Waals surface area contributed by atoms with E-state index < -0.39 is 0 Å². The molecule has 1 saturated carbocycles. The van der Waals surface area contributed by atoms with Crippen LogP contribution in [0.3, 0.4) is 0 Å². The fourth-order valence-corrected chi connectivity index (χ4v) is 3.74. The van der Waals surface area contributed by atoms with Crippen molar-refractivity contribution in [2.45, 2.75) is 32.1 Å². The van der Waals surface area contributed by atoms with E-state index in [0.717, 1.165) is 32.4 Å². The Morgan fingerprint density at radius 3 is 2.70 bits per heavy atom. The van der Waals surface area contributed by atoms with Crippen molar-refractivity contribution in [3.05, 3.63) is 22.4 Å². The van der Waals surface area contributed by atoms with Gasteiger partial charge >= 0.3 is 6.03 Å². The molecule has 3 rings (SSSR count). The molecule has 0 radical (unpaired) electrons. The van der Waals surface area contributed by atoms with E-state index in [0.29, 0.717) is 31.5 Å². The van der Waals surface area contributed by atoms with Gasteiger partial charge in [0, 0.05) is 49.4 Å². The molecule has 1 saturated heterocycles. The first kappa shape index (κ1) is 16.3. The molecular formula is C17H25N3O2S. The minimum absolute atomic E-state index is 0.00544. The number of nitrogens with zero attached hydrogens (tertiary/aromatic N) is 2. The molecule has 2 heterocycles. The van der Waals surface area contributed by atoms with E-state index in [1.54, 1.807) is 11.3 Å². The molecule has 1 aromatic heterocycles. The zero-order valence-electron chi connectivity index (χ0n) is 13.7. The maximum Gasteiger partial charge on any atom is 0.317 e. The average Bonchev–Trinajstić information content (AvgIpc) is 3.32. The Labute approximate surface area is 141 Å². The van der Waals surface area contributed by atoms with Gasteiger partial charge in [-0.2, -0.15) is 0 Å². The van der Waals surface area contributed by atoms with Gasteiger partial charge in [-0.3, -0.25) is 4.79 Å². The standard InChI is InChI=1S/C17H25N3O2S/c1-13(15-4-2-11-23-15)12-18-17(22)20-8-3-7-19(9-10-20)16(21)14-5-6-14/h2,4,11,13-14H,3,5-10,12H2,1H3,(H,18,22)/t13-/m0/s1.